The Bertz CT molecular complexity index is 1570. The monoisotopic (exact) mass is 758 g/mol. The van der Waals surface area contributed by atoms with E-state index in [1.54, 1.807) is 18.4 Å². The van der Waals surface area contributed by atoms with E-state index in [1.807, 2.05) is 63.2 Å². The van der Waals surface area contributed by atoms with E-state index in [9.17, 15) is 9.59 Å². The first kappa shape index (κ1) is 28.8. The molecule has 3 aromatic rings. The molecular formula is C28H28I2N2O5S. The molecule has 0 fully saturated rings. The van der Waals surface area contributed by atoms with Crippen LogP contribution in [0.3, 0.4) is 0 Å². The van der Waals surface area contributed by atoms with E-state index in [0.29, 0.717) is 38.5 Å². The molecule has 0 unspecified atom stereocenters. The quantitative estimate of drug-likeness (QED) is 0.234. The number of halogens is 2. The Labute approximate surface area is 252 Å². The molecule has 2 aromatic carbocycles. The first-order chi connectivity index (χ1) is 18.2. The van der Waals surface area contributed by atoms with Gasteiger partial charge in [0.25, 0.3) is 5.56 Å². The lowest BCUT2D eigenvalue weighted by atomic mass is 9.95. The largest absolute Gasteiger partial charge is 0.492 e. The first-order valence-electron chi connectivity index (χ1n) is 12.2. The molecule has 1 aliphatic heterocycles. The molecule has 2 heterocycles. The van der Waals surface area contributed by atoms with Crippen molar-refractivity contribution in [2.24, 2.45) is 4.99 Å². The van der Waals surface area contributed by atoms with Crippen molar-refractivity contribution in [1.29, 1.82) is 0 Å². The molecule has 1 aliphatic rings. The van der Waals surface area contributed by atoms with Gasteiger partial charge in [-0.3, -0.25) is 9.36 Å². The number of esters is 1. The van der Waals surface area contributed by atoms with Gasteiger partial charge in [0.1, 0.15) is 17.5 Å². The molecule has 200 valence electrons. The molecule has 38 heavy (non-hydrogen) atoms. The molecule has 1 aromatic heterocycles. The fourth-order valence-electron chi connectivity index (χ4n) is 4.25. The molecular weight excluding hydrogens is 730 g/mol. The number of allylic oxidation sites excluding steroid dienone is 1. The highest BCUT2D eigenvalue weighted by Crippen LogP contribution is 2.36. The second-order valence-corrected chi connectivity index (χ2v) is 12.1. The Kier molecular flexibility index (Phi) is 9.35. The van der Waals surface area contributed by atoms with E-state index in [-0.39, 0.29) is 18.3 Å². The number of benzene rings is 2. The third kappa shape index (κ3) is 5.86. The van der Waals surface area contributed by atoms with Gasteiger partial charge in [-0.05, 0) is 110 Å². The molecule has 0 saturated carbocycles. The number of hydrogen-bond donors (Lipinski definition) is 0. The smallest absolute Gasteiger partial charge is 0.338 e. The highest BCUT2D eigenvalue weighted by Gasteiger charge is 2.35. The van der Waals surface area contributed by atoms with Crippen molar-refractivity contribution in [3.8, 4) is 11.5 Å². The zero-order chi connectivity index (χ0) is 27.6. The second kappa shape index (κ2) is 12.3. The van der Waals surface area contributed by atoms with Gasteiger partial charge in [-0.1, -0.05) is 29.5 Å². The average molecular weight is 758 g/mol. The van der Waals surface area contributed by atoms with Crippen molar-refractivity contribution in [2.45, 2.75) is 46.8 Å². The molecule has 7 nitrogen and oxygen atoms in total. The van der Waals surface area contributed by atoms with Crippen molar-refractivity contribution in [3.63, 3.8) is 0 Å². The van der Waals surface area contributed by atoms with Gasteiger partial charge < -0.3 is 14.2 Å². The number of carbonyl (C=O) groups excluding carboxylic acids is 1. The van der Waals surface area contributed by atoms with Crippen molar-refractivity contribution in [1.82, 2.24) is 4.57 Å². The van der Waals surface area contributed by atoms with Gasteiger partial charge in [-0.25, -0.2) is 9.79 Å². The zero-order valence-corrected chi connectivity index (χ0v) is 26.8. The number of ether oxygens (including phenoxy) is 3. The lowest BCUT2D eigenvalue weighted by molar-refractivity contribution is -0.139. The summed E-state index contributed by atoms with van der Waals surface area (Å²) in [5, 5.41) is 0. The minimum Gasteiger partial charge on any atom is -0.492 e. The molecule has 0 aliphatic carbocycles. The van der Waals surface area contributed by atoms with Crippen molar-refractivity contribution in [3.05, 3.63) is 85.6 Å². The maximum atomic E-state index is 13.9. The fourth-order valence-corrected chi connectivity index (χ4v) is 7.42. The maximum Gasteiger partial charge on any atom is 0.338 e. The molecule has 10 heteroatoms. The number of hydrogen-bond acceptors (Lipinski definition) is 7. The number of aromatic nitrogens is 1. The van der Waals surface area contributed by atoms with Gasteiger partial charge in [0.2, 0.25) is 0 Å². The van der Waals surface area contributed by atoms with Crippen LogP contribution in [0.5, 0.6) is 11.5 Å². The summed E-state index contributed by atoms with van der Waals surface area (Å²) in [7, 11) is 0. The Morgan fingerprint density at radius 3 is 2.47 bits per heavy atom. The summed E-state index contributed by atoms with van der Waals surface area (Å²) >= 11 is 5.79. The maximum absolute atomic E-state index is 13.9. The second-order valence-electron chi connectivity index (χ2n) is 8.75. The summed E-state index contributed by atoms with van der Waals surface area (Å²) in [6, 6.07) is 10.7. The zero-order valence-electron chi connectivity index (χ0n) is 21.7. The molecule has 0 radical (unpaired) electrons. The van der Waals surface area contributed by atoms with Crippen molar-refractivity contribution >= 4 is 68.6 Å². The number of thiazole rings is 1. The van der Waals surface area contributed by atoms with Crippen molar-refractivity contribution < 1.29 is 19.0 Å². The Hall–Kier alpha value is -2.19. The average Bonchev–Trinajstić information content (AvgIpc) is 3.15. The van der Waals surface area contributed by atoms with Crippen LogP contribution in [0, 0.1) is 7.14 Å². The van der Waals surface area contributed by atoms with Gasteiger partial charge in [-0.15, -0.1) is 0 Å². The lowest BCUT2D eigenvalue weighted by Crippen LogP contribution is -2.40. The number of carbonyl (C=O) groups is 1. The van der Waals surface area contributed by atoms with E-state index in [2.05, 4.69) is 50.2 Å². The van der Waals surface area contributed by atoms with Crippen LogP contribution in [-0.4, -0.2) is 29.9 Å². The van der Waals surface area contributed by atoms with Gasteiger partial charge >= 0.3 is 5.97 Å². The van der Waals surface area contributed by atoms with Crippen LogP contribution < -0.4 is 24.4 Å². The van der Waals surface area contributed by atoms with Gasteiger partial charge in [0, 0.05) is 5.56 Å². The highest BCUT2D eigenvalue weighted by molar-refractivity contribution is 14.1. The number of rotatable bonds is 8. The van der Waals surface area contributed by atoms with E-state index in [0.717, 1.165) is 18.5 Å². The molecule has 0 amide bonds. The summed E-state index contributed by atoms with van der Waals surface area (Å²) in [6.45, 7) is 10.2. The predicted octanol–water partition coefficient (Wildman–Crippen LogP) is 5.19. The molecule has 4 rings (SSSR count). The number of nitrogens with zero attached hydrogens (tertiary/aromatic N) is 2. The van der Waals surface area contributed by atoms with Gasteiger partial charge in [0.15, 0.2) is 4.80 Å². The summed E-state index contributed by atoms with van der Waals surface area (Å²) < 4.78 is 21.3. The number of fused-ring (bicyclic) bond motifs is 1. The summed E-state index contributed by atoms with van der Waals surface area (Å²) in [5.74, 6) is 0.945. The fraction of sp³-hybridized carbons (Fsp3) is 0.321. The van der Waals surface area contributed by atoms with E-state index in [4.69, 9.17) is 14.2 Å². The molecule has 0 spiro atoms. The topological polar surface area (TPSA) is 79.1 Å². The van der Waals surface area contributed by atoms with E-state index >= 15 is 0 Å². The van der Waals surface area contributed by atoms with Crippen LogP contribution in [-0.2, 0) is 9.53 Å². The Morgan fingerprint density at radius 1 is 1.16 bits per heavy atom. The molecule has 0 saturated heterocycles. The van der Waals surface area contributed by atoms with Crippen LogP contribution in [0.2, 0.25) is 0 Å². The lowest BCUT2D eigenvalue weighted by Gasteiger charge is -2.26. The van der Waals surface area contributed by atoms with Crippen LogP contribution in [0.25, 0.3) is 6.08 Å². The van der Waals surface area contributed by atoms with Crippen LogP contribution in [0.1, 0.15) is 51.8 Å². The van der Waals surface area contributed by atoms with E-state index < -0.39 is 12.0 Å². The third-order valence-electron chi connectivity index (χ3n) is 5.70. The number of para-hydroxylation sites is 1. The first-order valence-corrected chi connectivity index (χ1v) is 15.2. The summed E-state index contributed by atoms with van der Waals surface area (Å²) in [6.07, 6.45) is 1.77. The standard InChI is InChI=1S/C28H28I2N2O5S/c1-6-35-25-19(29)12-17(13-20(25)30)14-22-26(33)32-24(18-10-8-9-11-21(18)37-15(3)4)23(27(34)36-7-2)16(5)31-28(32)38-22/h8-15,24H,6-7H2,1-5H3/b22-14+/t24-/m0/s1. The van der Waals surface area contributed by atoms with Crippen LogP contribution in [0.4, 0.5) is 0 Å². The van der Waals surface area contributed by atoms with E-state index in [1.165, 1.54) is 11.3 Å². The summed E-state index contributed by atoms with van der Waals surface area (Å²) in [5.41, 5.74) is 2.21. The summed E-state index contributed by atoms with van der Waals surface area (Å²) in [4.78, 5) is 32.3. The highest BCUT2D eigenvalue weighted by atomic mass is 127. The normalized spacial score (nSPS) is 15.4. The molecule has 1 atom stereocenters. The molecule has 0 bridgehead atoms. The Balaban J connectivity index is 1.95. The predicted molar refractivity (Wildman–Crippen MR) is 166 cm³/mol. The molecule has 0 N–H and O–H groups in total. The minimum atomic E-state index is -0.733. The van der Waals surface area contributed by atoms with Crippen LogP contribution in [0.15, 0.2) is 57.5 Å². The Morgan fingerprint density at radius 2 is 1.84 bits per heavy atom. The van der Waals surface area contributed by atoms with Crippen molar-refractivity contribution in [2.75, 3.05) is 13.2 Å². The van der Waals surface area contributed by atoms with Crippen LogP contribution >= 0.6 is 56.5 Å². The minimum absolute atomic E-state index is 0.0901. The SMILES string of the molecule is CCOC(=O)C1=C(C)N=c2s/c(=C/c3cc(I)c(OCC)c(I)c3)c(=O)n2[C@H]1c1ccccc1OC(C)C. The third-order valence-corrected chi connectivity index (χ3v) is 8.29. The van der Waals surface area contributed by atoms with Gasteiger partial charge in [0.05, 0.1) is 42.3 Å². The van der Waals surface area contributed by atoms with Gasteiger partial charge in [-0.2, -0.15) is 0 Å².